The van der Waals surface area contributed by atoms with Crippen molar-refractivity contribution in [3.8, 4) is 0 Å². The lowest BCUT2D eigenvalue weighted by molar-refractivity contribution is 0.252. The summed E-state index contributed by atoms with van der Waals surface area (Å²) in [7, 11) is 2.06. The Labute approximate surface area is 115 Å². The fraction of sp³-hybridized carbons (Fsp3) is 0.562. The molecule has 0 aliphatic heterocycles. The van der Waals surface area contributed by atoms with E-state index in [4.69, 9.17) is 5.73 Å². The summed E-state index contributed by atoms with van der Waals surface area (Å²) < 4.78 is 0. The average Bonchev–Trinajstić information content (AvgIpc) is 3.22. The number of aliphatic imine (C=N–C) groups is 1. The molecule has 0 atom stereocenters. The first-order valence-corrected chi connectivity index (χ1v) is 7.30. The van der Waals surface area contributed by atoms with E-state index in [-0.39, 0.29) is 5.41 Å². The van der Waals surface area contributed by atoms with Crippen LogP contribution in [0.2, 0.25) is 0 Å². The van der Waals surface area contributed by atoms with Gasteiger partial charge in [-0.25, -0.2) is 0 Å². The molecule has 0 heterocycles. The predicted octanol–water partition coefficient (Wildman–Crippen LogP) is 2.52. The van der Waals surface area contributed by atoms with Gasteiger partial charge in [0.2, 0.25) is 0 Å². The van der Waals surface area contributed by atoms with Crippen molar-refractivity contribution in [1.82, 2.24) is 4.90 Å². The van der Waals surface area contributed by atoms with Gasteiger partial charge in [-0.15, -0.1) is 0 Å². The van der Waals surface area contributed by atoms with E-state index in [1.807, 2.05) is 0 Å². The fourth-order valence-corrected chi connectivity index (χ4v) is 2.93. The zero-order valence-corrected chi connectivity index (χ0v) is 11.7. The summed E-state index contributed by atoms with van der Waals surface area (Å²) in [6.45, 7) is 0.833. The first-order chi connectivity index (χ1) is 9.21. The summed E-state index contributed by atoms with van der Waals surface area (Å²) >= 11 is 0. The topological polar surface area (TPSA) is 41.6 Å². The molecule has 2 N–H and O–H groups in total. The van der Waals surface area contributed by atoms with Gasteiger partial charge in [-0.3, -0.25) is 4.99 Å². The van der Waals surface area contributed by atoms with Gasteiger partial charge in [0.15, 0.2) is 5.96 Å². The highest BCUT2D eigenvalue weighted by atomic mass is 15.3. The molecule has 2 fully saturated rings. The molecule has 19 heavy (non-hydrogen) atoms. The summed E-state index contributed by atoms with van der Waals surface area (Å²) in [5, 5.41) is 0. The van der Waals surface area contributed by atoms with Crippen molar-refractivity contribution in [2.24, 2.45) is 10.7 Å². The molecular formula is C16H23N3. The molecule has 3 nitrogen and oxygen atoms in total. The van der Waals surface area contributed by atoms with E-state index in [0.29, 0.717) is 12.0 Å². The summed E-state index contributed by atoms with van der Waals surface area (Å²) in [4.78, 5) is 6.81. The third-order valence-corrected chi connectivity index (χ3v) is 4.70. The van der Waals surface area contributed by atoms with Gasteiger partial charge >= 0.3 is 0 Å². The molecule has 3 heteroatoms. The Morgan fingerprint density at radius 2 is 2.00 bits per heavy atom. The lowest BCUT2D eigenvalue weighted by Crippen LogP contribution is -2.41. The van der Waals surface area contributed by atoms with Crippen molar-refractivity contribution in [3.05, 3.63) is 35.9 Å². The summed E-state index contributed by atoms with van der Waals surface area (Å²) in [5.74, 6) is 0.713. The number of hydrogen-bond donors (Lipinski definition) is 1. The van der Waals surface area contributed by atoms with Gasteiger partial charge in [0.25, 0.3) is 0 Å². The molecule has 3 rings (SSSR count). The van der Waals surface area contributed by atoms with Crippen LogP contribution < -0.4 is 5.73 Å². The number of guanidine groups is 1. The molecule has 0 spiro atoms. The van der Waals surface area contributed by atoms with E-state index in [1.165, 1.54) is 37.7 Å². The number of nitrogens with two attached hydrogens (primary N) is 1. The zero-order chi connectivity index (χ0) is 13.3. The Hall–Kier alpha value is -1.51. The molecule has 2 aliphatic rings. The minimum Gasteiger partial charge on any atom is -0.370 e. The molecule has 0 saturated heterocycles. The summed E-state index contributed by atoms with van der Waals surface area (Å²) in [5.41, 5.74) is 7.77. The zero-order valence-electron chi connectivity index (χ0n) is 11.7. The molecular weight excluding hydrogens is 234 g/mol. The maximum Gasteiger partial charge on any atom is 0.191 e. The van der Waals surface area contributed by atoms with Crippen LogP contribution in [-0.4, -0.2) is 30.5 Å². The van der Waals surface area contributed by atoms with Gasteiger partial charge in [-0.05, 0) is 31.2 Å². The second kappa shape index (κ2) is 4.87. The molecule has 0 unspecified atom stereocenters. The molecule has 1 aromatic rings. The van der Waals surface area contributed by atoms with Crippen molar-refractivity contribution >= 4 is 5.96 Å². The Morgan fingerprint density at radius 3 is 2.53 bits per heavy atom. The van der Waals surface area contributed by atoms with E-state index in [2.05, 4.69) is 47.3 Å². The minimum atomic E-state index is 0.246. The van der Waals surface area contributed by atoms with Crippen LogP contribution in [0.4, 0.5) is 0 Å². The Bertz CT molecular complexity index is 458. The number of benzene rings is 1. The second-order valence-corrected chi connectivity index (χ2v) is 6.02. The monoisotopic (exact) mass is 257 g/mol. The summed E-state index contributed by atoms with van der Waals surface area (Å²) in [6.07, 6.45) is 6.30. The van der Waals surface area contributed by atoms with Crippen molar-refractivity contribution in [1.29, 1.82) is 0 Å². The van der Waals surface area contributed by atoms with Gasteiger partial charge in [-0.1, -0.05) is 36.8 Å². The van der Waals surface area contributed by atoms with Crippen LogP contribution in [0.25, 0.3) is 0 Å². The van der Waals surface area contributed by atoms with Crippen molar-refractivity contribution in [3.63, 3.8) is 0 Å². The van der Waals surface area contributed by atoms with Crippen LogP contribution in [0, 0.1) is 0 Å². The maximum atomic E-state index is 6.10. The van der Waals surface area contributed by atoms with Crippen molar-refractivity contribution in [2.75, 3.05) is 13.6 Å². The van der Waals surface area contributed by atoms with Gasteiger partial charge < -0.3 is 10.6 Å². The van der Waals surface area contributed by atoms with E-state index >= 15 is 0 Å². The Balaban J connectivity index is 1.71. The van der Waals surface area contributed by atoms with Gasteiger partial charge in [0.05, 0.1) is 6.54 Å². The fourth-order valence-electron chi connectivity index (χ4n) is 2.93. The molecule has 2 aliphatic carbocycles. The Kier molecular flexibility index (Phi) is 3.21. The molecule has 1 aromatic carbocycles. The second-order valence-electron chi connectivity index (χ2n) is 6.02. The highest BCUT2D eigenvalue weighted by Gasteiger charge is 2.38. The van der Waals surface area contributed by atoms with Crippen LogP contribution in [0.1, 0.15) is 37.7 Å². The Morgan fingerprint density at radius 1 is 1.32 bits per heavy atom. The SMILES string of the molecule is CN(C(N)=NCC1(c2ccccc2)CCC1)C1CC1. The molecule has 0 bridgehead atoms. The third kappa shape index (κ3) is 2.46. The minimum absolute atomic E-state index is 0.246. The number of nitrogens with zero attached hydrogens (tertiary/aromatic N) is 2. The number of hydrogen-bond acceptors (Lipinski definition) is 1. The standard InChI is InChI=1S/C16H23N3/c1-19(14-8-9-14)15(17)18-12-16(10-5-11-16)13-6-3-2-4-7-13/h2-4,6-7,14H,5,8-12H2,1H3,(H2,17,18). The van der Waals surface area contributed by atoms with Gasteiger partial charge in [0, 0.05) is 18.5 Å². The van der Waals surface area contributed by atoms with Crippen molar-refractivity contribution < 1.29 is 0 Å². The first kappa shape index (κ1) is 12.5. The van der Waals surface area contributed by atoms with E-state index in [1.54, 1.807) is 0 Å². The van der Waals surface area contributed by atoms with Crippen molar-refractivity contribution in [2.45, 2.75) is 43.6 Å². The molecule has 102 valence electrons. The smallest absolute Gasteiger partial charge is 0.191 e. The van der Waals surface area contributed by atoms with Gasteiger partial charge in [0.1, 0.15) is 0 Å². The van der Waals surface area contributed by atoms with Crippen LogP contribution in [0.3, 0.4) is 0 Å². The van der Waals surface area contributed by atoms with Crippen LogP contribution in [0.5, 0.6) is 0 Å². The number of rotatable bonds is 4. The van der Waals surface area contributed by atoms with E-state index in [0.717, 1.165) is 6.54 Å². The summed E-state index contributed by atoms with van der Waals surface area (Å²) in [6, 6.07) is 11.4. The third-order valence-electron chi connectivity index (χ3n) is 4.70. The maximum absolute atomic E-state index is 6.10. The van der Waals surface area contributed by atoms with E-state index < -0.39 is 0 Å². The van der Waals surface area contributed by atoms with Crippen LogP contribution in [0.15, 0.2) is 35.3 Å². The predicted molar refractivity (Wildman–Crippen MR) is 79.2 cm³/mol. The highest BCUT2D eigenvalue weighted by Crippen LogP contribution is 2.43. The quantitative estimate of drug-likeness (QED) is 0.665. The highest BCUT2D eigenvalue weighted by molar-refractivity contribution is 5.78. The van der Waals surface area contributed by atoms with E-state index in [9.17, 15) is 0 Å². The normalized spacial score (nSPS) is 21.8. The molecule has 0 aromatic heterocycles. The van der Waals surface area contributed by atoms with Crippen LogP contribution >= 0.6 is 0 Å². The lowest BCUT2D eigenvalue weighted by Gasteiger charge is -2.41. The average molecular weight is 257 g/mol. The largest absolute Gasteiger partial charge is 0.370 e. The van der Waals surface area contributed by atoms with Crippen LogP contribution in [-0.2, 0) is 5.41 Å². The molecule has 2 saturated carbocycles. The first-order valence-electron chi connectivity index (χ1n) is 7.30. The van der Waals surface area contributed by atoms with Gasteiger partial charge in [-0.2, -0.15) is 0 Å². The molecule has 0 amide bonds. The molecule has 0 radical (unpaired) electrons. The lowest BCUT2D eigenvalue weighted by atomic mass is 9.64.